The van der Waals surface area contributed by atoms with Crippen LogP contribution in [0.5, 0.6) is 0 Å². The number of nitrogens with two attached hydrogens (primary N) is 1. The van der Waals surface area contributed by atoms with Crippen molar-refractivity contribution in [1.82, 2.24) is 14.5 Å². The number of fused-ring (bicyclic) bond motifs is 1. The van der Waals surface area contributed by atoms with Crippen LogP contribution >= 0.6 is 0 Å². The Kier molecular flexibility index (Phi) is 2.39. The number of benzene rings is 1. The highest BCUT2D eigenvalue weighted by Crippen LogP contribution is 2.24. The second-order valence-electron chi connectivity index (χ2n) is 3.92. The lowest BCUT2D eigenvalue weighted by Crippen LogP contribution is -2.03. The Balaban J connectivity index is 2.37. The van der Waals surface area contributed by atoms with Gasteiger partial charge in [-0.15, -0.1) is 0 Å². The molecule has 0 radical (unpaired) electrons. The van der Waals surface area contributed by atoms with E-state index in [1.54, 1.807) is 18.3 Å². The van der Waals surface area contributed by atoms with Gasteiger partial charge in [-0.3, -0.25) is 4.57 Å². The molecule has 2 N–H and O–H groups in total. The van der Waals surface area contributed by atoms with Crippen molar-refractivity contribution in [2.45, 2.75) is 0 Å². The van der Waals surface area contributed by atoms with E-state index in [4.69, 9.17) is 11.0 Å². The van der Waals surface area contributed by atoms with Crippen molar-refractivity contribution in [3.05, 3.63) is 47.9 Å². The summed E-state index contributed by atoms with van der Waals surface area (Å²) in [7, 11) is 0. The highest BCUT2D eigenvalue weighted by molar-refractivity contribution is 5.77. The average Bonchev–Trinajstić information content (AvgIpc) is 2.74. The number of nitriles is 1. The number of imidazole rings is 1. The topological polar surface area (TPSA) is 80.5 Å². The molecule has 0 spiro atoms. The van der Waals surface area contributed by atoms with Crippen LogP contribution in [0.1, 0.15) is 5.56 Å². The molecule has 92 valence electrons. The molecule has 5 nitrogen and oxygen atoms in total. The third-order valence-corrected chi connectivity index (χ3v) is 2.76. The first kappa shape index (κ1) is 11.2. The third kappa shape index (κ3) is 1.68. The molecular weight excluding hydrogens is 245 g/mol. The molecule has 3 aromatic rings. The molecule has 0 aliphatic carbocycles. The molecule has 0 saturated heterocycles. The Bertz CT molecular complexity index is 816. The van der Waals surface area contributed by atoms with Crippen LogP contribution in [0.2, 0.25) is 0 Å². The first-order valence-corrected chi connectivity index (χ1v) is 5.49. The van der Waals surface area contributed by atoms with Crippen molar-refractivity contribution in [2.24, 2.45) is 0 Å². The summed E-state index contributed by atoms with van der Waals surface area (Å²) in [6.45, 7) is 0. The van der Waals surface area contributed by atoms with E-state index in [2.05, 4.69) is 9.97 Å². The highest BCUT2D eigenvalue weighted by atomic mass is 19.1. The molecule has 2 aromatic heterocycles. The summed E-state index contributed by atoms with van der Waals surface area (Å²) in [5.74, 6) is -0.270. The number of hydrogen-bond donors (Lipinski definition) is 1. The Morgan fingerprint density at radius 1 is 1.32 bits per heavy atom. The number of pyridine rings is 1. The number of nitrogens with zero attached hydrogens (tertiary/aromatic N) is 4. The van der Waals surface area contributed by atoms with Crippen LogP contribution in [0, 0.1) is 17.1 Å². The summed E-state index contributed by atoms with van der Waals surface area (Å²) >= 11 is 0. The molecule has 0 atom stereocenters. The van der Waals surface area contributed by atoms with Gasteiger partial charge in [0, 0.05) is 6.20 Å². The maximum atomic E-state index is 13.2. The van der Waals surface area contributed by atoms with E-state index in [-0.39, 0.29) is 11.5 Å². The van der Waals surface area contributed by atoms with Gasteiger partial charge in [0.05, 0.1) is 11.3 Å². The second-order valence-corrected chi connectivity index (χ2v) is 3.92. The first-order valence-electron chi connectivity index (χ1n) is 5.49. The van der Waals surface area contributed by atoms with E-state index in [1.807, 2.05) is 6.07 Å². The zero-order chi connectivity index (χ0) is 13.4. The van der Waals surface area contributed by atoms with Crippen molar-refractivity contribution >= 4 is 17.1 Å². The van der Waals surface area contributed by atoms with E-state index in [0.29, 0.717) is 16.9 Å². The van der Waals surface area contributed by atoms with Gasteiger partial charge in [-0.25, -0.2) is 14.4 Å². The van der Waals surface area contributed by atoms with Crippen LogP contribution in [0.4, 0.5) is 10.3 Å². The lowest BCUT2D eigenvalue weighted by Gasteiger charge is -2.07. The number of rotatable bonds is 1. The van der Waals surface area contributed by atoms with Crippen LogP contribution in [0.25, 0.3) is 16.9 Å². The predicted octanol–water partition coefficient (Wildman–Crippen LogP) is 2.01. The van der Waals surface area contributed by atoms with Crippen LogP contribution in [-0.2, 0) is 0 Å². The summed E-state index contributed by atoms with van der Waals surface area (Å²) in [4.78, 5) is 8.36. The van der Waals surface area contributed by atoms with Gasteiger partial charge >= 0.3 is 0 Å². The summed E-state index contributed by atoms with van der Waals surface area (Å²) in [6.07, 6.45) is 1.61. The number of nitrogen functional groups attached to an aromatic ring is 1. The summed E-state index contributed by atoms with van der Waals surface area (Å²) in [5.41, 5.74) is 7.64. The van der Waals surface area contributed by atoms with Crippen LogP contribution in [-0.4, -0.2) is 14.5 Å². The second kappa shape index (κ2) is 4.07. The van der Waals surface area contributed by atoms with Gasteiger partial charge in [0.2, 0.25) is 5.95 Å². The molecular formula is C13H8FN5. The van der Waals surface area contributed by atoms with Crippen molar-refractivity contribution in [3.63, 3.8) is 0 Å². The van der Waals surface area contributed by atoms with Gasteiger partial charge in [-0.05, 0) is 30.3 Å². The quantitative estimate of drug-likeness (QED) is 0.719. The number of aromatic nitrogens is 3. The molecule has 0 bridgehead atoms. The summed E-state index contributed by atoms with van der Waals surface area (Å²) in [6, 6.07) is 9.37. The minimum atomic E-state index is -0.476. The molecule has 6 heteroatoms. The van der Waals surface area contributed by atoms with Crippen LogP contribution in [0.15, 0.2) is 36.5 Å². The molecule has 3 rings (SSSR count). The first-order chi connectivity index (χ1) is 9.20. The van der Waals surface area contributed by atoms with E-state index in [9.17, 15) is 4.39 Å². The molecule has 0 fully saturated rings. The van der Waals surface area contributed by atoms with E-state index in [1.165, 1.54) is 16.7 Å². The van der Waals surface area contributed by atoms with E-state index in [0.717, 1.165) is 6.07 Å². The molecule has 19 heavy (non-hydrogen) atoms. The fraction of sp³-hybridized carbons (Fsp3) is 0. The van der Waals surface area contributed by atoms with Gasteiger partial charge in [0.15, 0.2) is 5.65 Å². The molecule has 1 aromatic carbocycles. The largest absolute Gasteiger partial charge is 0.369 e. The number of hydrogen-bond acceptors (Lipinski definition) is 4. The Labute approximate surface area is 107 Å². The van der Waals surface area contributed by atoms with Crippen LogP contribution < -0.4 is 5.73 Å². The average molecular weight is 253 g/mol. The number of halogens is 1. The molecule has 2 heterocycles. The zero-order valence-electron chi connectivity index (χ0n) is 9.71. The minimum Gasteiger partial charge on any atom is -0.369 e. The van der Waals surface area contributed by atoms with E-state index >= 15 is 0 Å². The summed E-state index contributed by atoms with van der Waals surface area (Å²) < 4.78 is 14.7. The zero-order valence-corrected chi connectivity index (χ0v) is 9.71. The van der Waals surface area contributed by atoms with Gasteiger partial charge in [0.25, 0.3) is 0 Å². The van der Waals surface area contributed by atoms with Gasteiger partial charge in [-0.2, -0.15) is 5.26 Å². The Morgan fingerprint density at radius 2 is 2.16 bits per heavy atom. The maximum Gasteiger partial charge on any atom is 0.207 e. The lowest BCUT2D eigenvalue weighted by atomic mass is 10.2. The van der Waals surface area contributed by atoms with Crippen molar-refractivity contribution in [3.8, 4) is 11.8 Å². The van der Waals surface area contributed by atoms with Crippen molar-refractivity contribution in [1.29, 1.82) is 5.26 Å². The lowest BCUT2D eigenvalue weighted by molar-refractivity contribution is 0.627. The fourth-order valence-electron chi connectivity index (χ4n) is 1.96. The van der Waals surface area contributed by atoms with Gasteiger partial charge < -0.3 is 5.73 Å². The van der Waals surface area contributed by atoms with Crippen molar-refractivity contribution in [2.75, 3.05) is 5.73 Å². The monoisotopic (exact) mass is 253 g/mol. The van der Waals surface area contributed by atoms with Gasteiger partial charge in [-0.1, -0.05) is 0 Å². The standard InChI is InChI=1S/C13H8FN5/c14-9-3-4-11(8(6-9)7-15)19-12-10(18-13(19)16)2-1-5-17-12/h1-6H,(H2,16,18). The SMILES string of the molecule is N#Cc1cc(F)ccc1-n1c(N)nc2cccnc21. The molecule has 0 aliphatic rings. The molecule has 0 amide bonds. The predicted molar refractivity (Wildman–Crippen MR) is 68.0 cm³/mol. The van der Waals surface area contributed by atoms with Crippen LogP contribution in [0.3, 0.4) is 0 Å². The summed E-state index contributed by atoms with van der Waals surface area (Å²) in [5, 5.41) is 9.09. The Hall–Kier alpha value is -2.94. The maximum absolute atomic E-state index is 13.2. The molecule has 0 unspecified atom stereocenters. The fourth-order valence-corrected chi connectivity index (χ4v) is 1.96. The number of anilines is 1. The van der Waals surface area contributed by atoms with E-state index < -0.39 is 5.82 Å². The molecule has 0 aliphatic heterocycles. The normalized spacial score (nSPS) is 10.5. The third-order valence-electron chi connectivity index (χ3n) is 2.76. The molecule has 0 saturated carbocycles. The Morgan fingerprint density at radius 3 is 2.95 bits per heavy atom. The van der Waals surface area contributed by atoms with Crippen molar-refractivity contribution < 1.29 is 4.39 Å². The minimum absolute atomic E-state index is 0.177. The van der Waals surface area contributed by atoms with Gasteiger partial charge in [0.1, 0.15) is 17.4 Å². The highest BCUT2D eigenvalue weighted by Gasteiger charge is 2.14. The smallest absolute Gasteiger partial charge is 0.207 e.